The molecule has 0 aliphatic rings. The maximum atomic E-state index is 5.78. The van der Waals surface area contributed by atoms with Crippen molar-refractivity contribution in [2.75, 3.05) is 0 Å². The Balaban J connectivity index is 2.59. The maximum Gasteiger partial charge on any atom is 0.0348 e. The fourth-order valence-corrected chi connectivity index (χ4v) is 1.02. The van der Waals surface area contributed by atoms with Crippen molar-refractivity contribution in [3.8, 4) is 0 Å². The van der Waals surface area contributed by atoms with Crippen molar-refractivity contribution in [2.45, 2.75) is 18.7 Å². The van der Waals surface area contributed by atoms with Crippen LogP contribution in [0.5, 0.6) is 0 Å². The molecule has 1 aromatic heterocycles. The Morgan fingerprint density at radius 1 is 1.70 bits per heavy atom. The molecule has 0 amide bonds. The molecule has 1 nitrogen and oxygen atoms in total. The zero-order valence-electron chi connectivity index (χ0n) is 5.92. The predicted molar refractivity (Wildman–Crippen MR) is 43.3 cm³/mol. The van der Waals surface area contributed by atoms with E-state index in [2.05, 4.69) is 4.98 Å². The molecule has 0 radical (unpaired) electrons. The first-order valence-electron chi connectivity index (χ1n) is 3.32. The molecule has 0 spiro atoms. The van der Waals surface area contributed by atoms with Crippen LogP contribution in [0.3, 0.4) is 0 Å². The van der Waals surface area contributed by atoms with Crippen LogP contribution in [0.1, 0.15) is 12.5 Å². The van der Waals surface area contributed by atoms with Crippen LogP contribution in [0, 0.1) is 0 Å². The van der Waals surface area contributed by atoms with Crippen LogP contribution in [0.15, 0.2) is 24.5 Å². The molecule has 10 heavy (non-hydrogen) atoms. The summed E-state index contributed by atoms with van der Waals surface area (Å²) in [5.41, 5.74) is 1.20. The van der Waals surface area contributed by atoms with Gasteiger partial charge < -0.3 is 0 Å². The average Bonchev–Trinajstić information content (AvgIpc) is 1.88. The van der Waals surface area contributed by atoms with Gasteiger partial charge in [0.1, 0.15) is 0 Å². The monoisotopic (exact) mass is 155 g/mol. The number of alkyl halides is 1. The van der Waals surface area contributed by atoms with Gasteiger partial charge >= 0.3 is 0 Å². The van der Waals surface area contributed by atoms with Crippen molar-refractivity contribution in [3.05, 3.63) is 30.1 Å². The highest BCUT2D eigenvalue weighted by molar-refractivity contribution is 6.20. The summed E-state index contributed by atoms with van der Waals surface area (Å²) in [6.45, 7) is 1.98. The highest BCUT2D eigenvalue weighted by atomic mass is 35.5. The van der Waals surface area contributed by atoms with Crippen LogP contribution < -0.4 is 0 Å². The summed E-state index contributed by atoms with van der Waals surface area (Å²) < 4.78 is 0. The zero-order chi connectivity index (χ0) is 7.40. The quantitative estimate of drug-likeness (QED) is 0.597. The summed E-state index contributed by atoms with van der Waals surface area (Å²) in [6, 6.07) is 3.96. The van der Waals surface area contributed by atoms with Gasteiger partial charge in [-0.1, -0.05) is 6.07 Å². The van der Waals surface area contributed by atoms with Crippen molar-refractivity contribution in [1.29, 1.82) is 0 Å². The molecule has 1 aromatic rings. The van der Waals surface area contributed by atoms with Crippen LogP contribution >= 0.6 is 11.6 Å². The molecular formula is C8H10ClN. The van der Waals surface area contributed by atoms with E-state index in [0.29, 0.717) is 0 Å². The number of rotatable bonds is 2. The summed E-state index contributed by atoms with van der Waals surface area (Å²) in [5.74, 6) is 0. The second-order valence-corrected chi connectivity index (χ2v) is 3.09. The molecule has 0 aliphatic carbocycles. The summed E-state index contributed by atoms with van der Waals surface area (Å²) in [6.07, 6.45) is 4.51. The lowest BCUT2D eigenvalue weighted by Crippen LogP contribution is -1.96. The van der Waals surface area contributed by atoms with Gasteiger partial charge in [-0.25, -0.2) is 0 Å². The summed E-state index contributed by atoms with van der Waals surface area (Å²) in [7, 11) is 0. The number of nitrogens with zero attached hydrogens (tertiary/aromatic N) is 1. The Morgan fingerprint density at radius 2 is 2.50 bits per heavy atom. The van der Waals surface area contributed by atoms with Gasteiger partial charge in [0.2, 0.25) is 0 Å². The van der Waals surface area contributed by atoms with Crippen molar-refractivity contribution in [1.82, 2.24) is 4.98 Å². The van der Waals surface area contributed by atoms with Crippen LogP contribution in [-0.2, 0) is 6.42 Å². The van der Waals surface area contributed by atoms with Gasteiger partial charge in [-0.3, -0.25) is 4.98 Å². The lowest BCUT2D eigenvalue weighted by molar-refractivity contribution is 0.923. The molecule has 1 rings (SSSR count). The molecule has 0 aromatic carbocycles. The topological polar surface area (TPSA) is 12.9 Å². The molecule has 1 unspecified atom stereocenters. The molecule has 0 saturated heterocycles. The van der Waals surface area contributed by atoms with E-state index in [4.69, 9.17) is 11.6 Å². The predicted octanol–water partition coefficient (Wildman–Crippen LogP) is 2.25. The normalized spacial score (nSPS) is 13.0. The van der Waals surface area contributed by atoms with Crippen molar-refractivity contribution >= 4 is 11.6 Å². The third-order valence-electron chi connectivity index (χ3n) is 1.24. The largest absolute Gasteiger partial charge is 0.264 e. The molecule has 0 bridgehead atoms. The van der Waals surface area contributed by atoms with Crippen LogP contribution in [0.2, 0.25) is 0 Å². The minimum atomic E-state index is 0.198. The highest BCUT2D eigenvalue weighted by Crippen LogP contribution is 2.04. The second kappa shape index (κ2) is 3.57. The first kappa shape index (κ1) is 7.55. The number of aromatic nitrogens is 1. The number of pyridine rings is 1. The third-order valence-corrected chi connectivity index (χ3v) is 1.39. The first-order valence-corrected chi connectivity index (χ1v) is 3.75. The molecule has 0 N–H and O–H groups in total. The average molecular weight is 156 g/mol. The molecule has 0 aliphatic heterocycles. The van der Waals surface area contributed by atoms with E-state index in [9.17, 15) is 0 Å². The number of halogens is 1. The van der Waals surface area contributed by atoms with Gasteiger partial charge in [0.25, 0.3) is 0 Å². The molecule has 54 valence electrons. The first-order chi connectivity index (χ1) is 4.79. The minimum Gasteiger partial charge on any atom is -0.264 e. The number of hydrogen-bond donors (Lipinski definition) is 0. The fourth-order valence-electron chi connectivity index (χ4n) is 0.844. The van der Waals surface area contributed by atoms with Gasteiger partial charge in [0.05, 0.1) is 0 Å². The van der Waals surface area contributed by atoms with E-state index in [1.165, 1.54) is 5.56 Å². The molecule has 2 heteroatoms. The Morgan fingerprint density at radius 3 is 3.00 bits per heavy atom. The fraction of sp³-hybridized carbons (Fsp3) is 0.375. The van der Waals surface area contributed by atoms with Crippen molar-refractivity contribution in [2.24, 2.45) is 0 Å². The van der Waals surface area contributed by atoms with Crippen LogP contribution in [0.4, 0.5) is 0 Å². The summed E-state index contributed by atoms with van der Waals surface area (Å²) >= 11 is 5.78. The molecule has 0 saturated carbocycles. The minimum absolute atomic E-state index is 0.198. The lowest BCUT2D eigenvalue weighted by atomic mass is 10.2. The highest BCUT2D eigenvalue weighted by Gasteiger charge is 1.96. The van der Waals surface area contributed by atoms with E-state index in [1.54, 1.807) is 6.20 Å². The van der Waals surface area contributed by atoms with Gasteiger partial charge in [-0.2, -0.15) is 0 Å². The Kier molecular flexibility index (Phi) is 2.69. The van der Waals surface area contributed by atoms with Crippen LogP contribution in [0.25, 0.3) is 0 Å². The van der Waals surface area contributed by atoms with E-state index >= 15 is 0 Å². The Labute approximate surface area is 66.0 Å². The lowest BCUT2D eigenvalue weighted by Gasteiger charge is -2.00. The standard InChI is InChI=1S/C8H10ClN/c1-7(9)5-8-3-2-4-10-6-8/h2-4,6-7H,5H2,1H3. The maximum absolute atomic E-state index is 5.78. The smallest absolute Gasteiger partial charge is 0.0348 e. The van der Waals surface area contributed by atoms with Gasteiger partial charge in [0, 0.05) is 17.8 Å². The van der Waals surface area contributed by atoms with E-state index in [0.717, 1.165) is 6.42 Å². The molecular weight excluding hydrogens is 146 g/mol. The summed E-state index contributed by atoms with van der Waals surface area (Å²) in [4.78, 5) is 3.98. The Bertz CT molecular complexity index is 184. The SMILES string of the molecule is CC(Cl)Cc1cccnc1. The van der Waals surface area contributed by atoms with Gasteiger partial charge in [0.15, 0.2) is 0 Å². The van der Waals surface area contributed by atoms with E-state index < -0.39 is 0 Å². The second-order valence-electron chi connectivity index (χ2n) is 2.35. The Hall–Kier alpha value is -0.560. The number of hydrogen-bond acceptors (Lipinski definition) is 1. The van der Waals surface area contributed by atoms with Crippen LogP contribution in [-0.4, -0.2) is 10.4 Å². The van der Waals surface area contributed by atoms with Crippen molar-refractivity contribution in [3.63, 3.8) is 0 Å². The zero-order valence-corrected chi connectivity index (χ0v) is 6.67. The van der Waals surface area contributed by atoms with Crippen molar-refractivity contribution < 1.29 is 0 Å². The van der Waals surface area contributed by atoms with Gasteiger partial charge in [-0.15, -0.1) is 11.6 Å². The summed E-state index contributed by atoms with van der Waals surface area (Å²) in [5, 5.41) is 0.198. The molecule has 1 heterocycles. The van der Waals surface area contributed by atoms with Gasteiger partial charge in [-0.05, 0) is 25.0 Å². The molecule has 1 atom stereocenters. The van der Waals surface area contributed by atoms with E-state index in [1.807, 2.05) is 25.3 Å². The van der Waals surface area contributed by atoms with E-state index in [-0.39, 0.29) is 5.38 Å². The molecule has 0 fully saturated rings. The third kappa shape index (κ3) is 2.36.